The third-order valence-electron chi connectivity index (χ3n) is 1.86. The quantitative estimate of drug-likeness (QED) is 0.656. The Labute approximate surface area is 97.5 Å². The molecule has 0 fully saturated rings. The van der Waals surface area contributed by atoms with E-state index in [2.05, 4.69) is 10.6 Å². The maximum Gasteiger partial charge on any atom is 0.304 e. The molecule has 0 bridgehead atoms. The van der Waals surface area contributed by atoms with E-state index in [-0.39, 0.29) is 12.3 Å². The number of amides is 1. The summed E-state index contributed by atoms with van der Waals surface area (Å²) in [6.45, 7) is 2.45. The lowest BCUT2D eigenvalue weighted by atomic mass is 10.3. The fourth-order valence-corrected chi connectivity index (χ4v) is 1.98. The normalized spacial score (nSPS) is 10.1. The van der Waals surface area contributed by atoms with Crippen molar-refractivity contribution in [3.63, 3.8) is 0 Å². The number of rotatable bonds is 6. The smallest absolute Gasteiger partial charge is 0.304 e. The molecule has 16 heavy (non-hydrogen) atoms. The second kappa shape index (κ2) is 6.24. The van der Waals surface area contributed by atoms with Crippen LogP contribution in [0, 0.1) is 0 Å². The Balaban J connectivity index is 2.38. The molecule has 6 heteroatoms. The Morgan fingerprint density at radius 3 is 2.88 bits per heavy atom. The Bertz CT molecular complexity index is 376. The van der Waals surface area contributed by atoms with Crippen LogP contribution in [-0.4, -0.2) is 23.5 Å². The van der Waals surface area contributed by atoms with E-state index in [0.717, 1.165) is 10.6 Å². The van der Waals surface area contributed by atoms with E-state index >= 15 is 0 Å². The van der Waals surface area contributed by atoms with Crippen molar-refractivity contribution in [2.45, 2.75) is 19.9 Å². The molecule has 1 rings (SSSR count). The summed E-state index contributed by atoms with van der Waals surface area (Å²) in [5.41, 5.74) is 0.792. The predicted molar refractivity (Wildman–Crippen MR) is 62.6 cm³/mol. The number of carboxylic acids is 1. The largest absolute Gasteiger partial charge is 0.481 e. The van der Waals surface area contributed by atoms with Gasteiger partial charge in [-0.15, -0.1) is 11.3 Å². The highest BCUT2D eigenvalue weighted by Gasteiger charge is 2.05. The molecule has 0 atom stereocenters. The van der Waals surface area contributed by atoms with E-state index in [1.807, 2.05) is 11.4 Å². The lowest BCUT2D eigenvalue weighted by Crippen LogP contribution is -2.18. The van der Waals surface area contributed by atoms with Crippen LogP contribution >= 0.6 is 11.3 Å². The molecule has 0 spiro atoms. The molecular formula is C10H14N2O3S. The average Bonchev–Trinajstić information content (AvgIpc) is 2.59. The van der Waals surface area contributed by atoms with Crippen LogP contribution in [0.5, 0.6) is 0 Å². The molecule has 0 aliphatic rings. The van der Waals surface area contributed by atoms with Crippen LogP contribution in [0.25, 0.3) is 0 Å². The van der Waals surface area contributed by atoms with Gasteiger partial charge in [-0.05, 0) is 11.4 Å². The molecule has 0 saturated carbocycles. The first-order valence-electron chi connectivity index (χ1n) is 4.86. The minimum atomic E-state index is -0.819. The molecule has 1 heterocycles. The summed E-state index contributed by atoms with van der Waals surface area (Å²) >= 11 is 1.53. The van der Waals surface area contributed by atoms with Gasteiger partial charge in [-0.2, -0.15) is 0 Å². The molecule has 3 N–H and O–H groups in total. The van der Waals surface area contributed by atoms with Crippen LogP contribution in [-0.2, 0) is 16.1 Å². The van der Waals surface area contributed by atoms with Gasteiger partial charge in [-0.3, -0.25) is 9.59 Å². The fraction of sp³-hybridized carbons (Fsp3) is 0.400. The van der Waals surface area contributed by atoms with Gasteiger partial charge < -0.3 is 15.7 Å². The molecule has 0 aromatic carbocycles. The SMILES string of the molecule is CC(=O)Nc1ccsc1CNCCC(=O)O. The van der Waals surface area contributed by atoms with Crippen molar-refractivity contribution in [2.75, 3.05) is 11.9 Å². The van der Waals surface area contributed by atoms with Gasteiger partial charge in [0.1, 0.15) is 0 Å². The molecule has 0 saturated heterocycles. The van der Waals surface area contributed by atoms with E-state index in [9.17, 15) is 9.59 Å². The van der Waals surface area contributed by atoms with Crippen LogP contribution in [0.1, 0.15) is 18.2 Å². The monoisotopic (exact) mass is 242 g/mol. The standard InChI is InChI=1S/C10H14N2O3S/c1-7(13)12-8-3-5-16-9(8)6-11-4-2-10(14)15/h3,5,11H,2,4,6H2,1H3,(H,12,13)(H,14,15). The first-order valence-corrected chi connectivity index (χ1v) is 5.74. The molecule has 5 nitrogen and oxygen atoms in total. The van der Waals surface area contributed by atoms with Crippen molar-refractivity contribution in [3.05, 3.63) is 16.3 Å². The number of nitrogens with one attached hydrogen (secondary N) is 2. The highest BCUT2D eigenvalue weighted by Crippen LogP contribution is 2.21. The van der Waals surface area contributed by atoms with E-state index in [0.29, 0.717) is 13.1 Å². The molecule has 1 aromatic heterocycles. The third-order valence-corrected chi connectivity index (χ3v) is 2.78. The maximum atomic E-state index is 10.9. The summed E-state index contributed by atoms with van der Waals surface area (Å²) in [5, 5.41) is 16.1. The van der Waals surface area contributed by atoms with Crippen LogP contribution in [0.15, 0.2) is 11.4 Å². The fourth-order valence-electron chi connectivity index (χ4n) is 1.18. The van der Waals surface area contributed by atoms with Crippen molar-refractivity contribution in [1.29, 1.82) is 0 Å². The third kappa shape index (κ3) is 4.41. The Morgan fingerprint density at radius 1 is 1.50 bits per heavy atom. The van der Waals surface area contributed by atoms with Crippen LogP contribution < -0.4 is 10.6 Å². The lowest BCUT2D eigenvalue weighted by Gasteiger charge is -2.05. The Hall–Kier alpha value is -1.40. The summed E-state index contributed by atoms with van der Waals surface area (Å²) in [5.74, 6) is -0.925. The number of hydrogen-bond donors (Lipinski definition) is 3. The van der Waals surface area contributed by atoms with Crippen LogP contribution in [0.4, 0.5) is 5.69 Å². The first kappa shape index (κ1) is 12.7. The van der Waals surface area contributed by atoms with Gasteiger partial charge >= 0.3 is 5.97 Å². The van der Waals surface area contributed by atoms with Crippen molar-refractivity contribution in [3.8, 4) is 0 Å². The molecule has 1 amide bonds. The van der Waals surface area contributed by atoms with Gasteiger partial charge in [-0.25, -0.2) is 0 Å². The zero-order chi connectivity index (χ0) is 12.0. The molecular weight excluding hydrogens is 228 g/mol. The zero-order valence-electron chi connectivity index (χ0n) is 8.95. The van der Waals surface area contributed by atoms with Crippen molar-refractivity contribution >= 4 is 28.9 Å². The lowest BCUT2D eigenvalue weighted by molar-refractivity contribution is -0.136. The zero-order valence-corrected chi connectivity index (χ0v) is 9.76. The highest BCUT2D eigenvalue weighted by molar-refractivity contribution is 7.10. The van der Waals surface area contributed by atoms with E-state index in [1.165, 1.54) is 18.3 Å². The molecule has 1 aromatic rings. The van der Waals surface area contributed by atoms with E-state index < -0.39 is 5.97 Å². The van der Waals surface area contributed by atoms with Gasteiger partial charge in [-0.1, -0.05) is 0 Å². The summed E-state index contributed by atoms with van der Waals surface area (Å²) < 4.78 is 0. The van der Waals surface area contributed by atoms with Gasteiger partial charge in [0.05, 0.1) is 12.1 Å². The number of carboxylic acid groups (broad SMARTS) is 1. The number of aliphatic carboxylic acids is 1. The summed E-state index contributed by atoms with van der Waals surface area (Å²) in [6.07, 6.45) is 0.0981. The van der Waals surface area contributed by atoms with Gasteiger partial charge in [0.2, 0.25) is 5.91 Å². The van der Waals surface area contributed by atoms with Gasteiger partial charge in [0.15, 0.2) is 0 Å². The molecule has 0 radical (unpaired) electrons. The van der Waals surface area contributed by atoms with Crippen LogP contribution in [0.3, 0.4) is 0 Å². The topological polar surface area (TPSA) is 78.4 Å². The Kier molecular flexibility index (Phi) is 4.94. The molecule has 88 valence electrons. The molecule has 0 aliphatic heterocycles. The van der Waals surface area contributed by atoms with Crippen molar-refractivity contribution in [2.24, 2.45) is 0 Å². The Morgan fingerprint density at radius 2 is 2.25 bits per heavy atom. The summed E-state index contributed by atoms with van der Waals surface area (Å²) in [7, 11) is 0. The first-order chi connectivity index (χ1) is 7.59. The number of thiophene rings is 1. The van der Waals surface area contributed by atoms with Crippen molar-refractivity contribution < 1.29 is 14.7 Å². The summed E-state index contributed by atoms with van der Waals surface area (Å²) in [4.78, 5) is 22.2. The second-order valence-electron chi connectivity index (χ2n) is 3.26. The summed E-state index contributed by atoms with van der Waals surface area (Å²) in [6, 6.07) is 1.83. The minimum absolute atomic E-state index is 0.0981. The van der Waals surface area contributed by atoms with E-state index in [4.69, 9.17) is 5.11 Å². The maximum absolute atomic E-state index is 10.9. The van der Waals surface area contributed by atoms with Gasteiger partial charge in [0, 0.05) is 24.9 Å². The van der Waals surface area contributed by atoms with E-state index in [1.54, 1.807) is 0 Å². The van der Waals surface area contributed by atoms with Crippen molar-refractivity contribution in [1.82, 2.24) is 5.32 Å². The number of carbonyl (C=O) groups excluding carboxylic acids is 1. The number of hydrogen-bond acceptors (Lipinski definition) is 4. The van der Waals surface area contributed by atoms with Gasteiger partial charge in [0.25, 0.3) is 0 Å². The minimum Gasteiger partial charge on any atom is -0.481 e. The number of anilines is 1. The number of carbonyl (C=O) groups is 2. The molecule has 0 aliphatic carbocycles. The molecule has 0 unspecified atom stereocenters. The average molecular weight is 242 g/mol. The van der Waals surface area contributed by atoms with Crippen LogP contribution in [0.2, 0.25) is 0 Å². The predicted octanol–water partition coefficient (Wildman–Crippen LogP) is 1.27. The highest BCUT2D eigenvalue weighted by atomic mass is 32.1. The second-order valence-corrected chi connectivity index (χ2v) is 4.26.